The van der Waals surface area contributed by atoms with Gasteiger partial charge in [-0.3, -0.25) is 0 Å². The monoisotopic (exact) mass is 449 g/mol. The van der Waals surface area contributed by atoms with E-state index in [2.05, 4.69) is 0 Å². The van der Waals surface area contributed by atoms with Crippen LogP contribution in [0.1, 0.15) is 6.92 Å². The van der Waals surface area contributed by atoms with Crippen molar-refractivity contribution in [2.45, 2.75) is 37.6 Å². The summed E-state index contributed by atoms with van der Waals surface area (Å²) in [4.78, 5) is 0. The molecule has 1 saturated heterocycles. The highest BCUT2D eigenvalue weighted by Gasteiger charge is 2.44. The summed E-state index contributed by atoms with van der Waals surface area (Å²) >= 11 is 0. The molecule has 32 heavy (non-hydrogen) atoms. The molecule has 5 atom stereocenters. The van der Waals surface area contributed by atoms with E-state index in [1.54, 1.807) is 0 Å². The average molecular weight is 449 g/mol. The van der Waals surface area contributed by atoms with E-state index in [9.17, 15) is 40.9 Å². The Balaban J connectivity index is 1.87. The first-order valence-electron chi connectivity index (χ1n) is 9.51. The van der Waals surface area contributed by atoms with Gasteiger partial charge in [0.1, 0.15) is 35.2 Å². The van der Waals surface area contributed by atoms with Crippen LogP contribution in [0.3, 0.4) is 0 Å². The van der Waals surface area contributed by atoms with Gasteiger partial charge in [-0.05, 0) is 6.92 Å². The highest BCUT2D eigenvalue weighted by molar-refractivity contribution is 5.88. The summed E-state index contributed by atoms with van der Waals surface area (Å²) in [5, 5.41) is 79.7. The fourth-order valence-electron chi connectivity index (χ4n) is 3.44. The van der Waals surface area contributed by atoms with Gasteiger partial charge < -0.3 is 50.3 Å². The molecule has 0 amide bonds. The van der Waals surface area contributed by atoms with Crippen LogP contribution in [0.25, 0.3) is 22.3 Å². The highest BCUT2D eigenvalue weighted by atomic mass is 16.7. The minimum atomic E-state index is -1.65. The molecule has 0 aliphatic carbocycles. The second kappa shape index (κ2) is 7.88. The van der Waals surface area contributed by atoms with E-state index in [4.69, 9.17) is 13.9 Å². The first kappa shape index (κ1) is 21.7. The number of aromatic hydroxyl groups is 5. The van der Waals surface area contributed by atoms with E-state index in [1.165, 1.54) is 19.1 Å². The summed E-state index contributed by atoms with van der Waals surface area (Å²) in [5.41, 5.74) is 0.0299. The molecule has 170 valence electrons. The van der Waals surface area contributed by atoms with Crippen molar-refractivity contribution in [3.63, 3.8) is 0 Å². The summed E-state index contributed by atoms with van der Waals surface area (Å²) in [6.45, 7) is 1.46. The topological polar surface area (TPSA) is 192 Å². The Labute approximate surface area is 180 Å². The van der Waals surface area contributed by atoms with Crippen molar-refractivity contribution in [1.29, 1.82) is 0 Å². The Kier molecular flexibility index (Phi) is 5.34. The maximum atomic E-state index is 10.3. The summed E-state index contributed by atoms with van der Waals surface area (Å²) in [6, 6.07) is 5.69. The Morgan fingerprint density at radius 3 is 2.12 bits per heavy atom. The molecule has 11 nitrogen and oxygen atoms in total. The lowest BCUT2D eigenvalue weighted by molar-refractivity contribution is -0.268. The minimum Gasteiger partial charge on any atom is -0.507 e. The van der Waals surface area contributed by atoms with Gasteiger partial charge in [0.05, 0.1) is 17.7 Å². The van der Waals surface area contributed by atoms with Gasteiger partial charge in [-0.1, -0.05) is 0 Å². The maximum absolute atomic E-state index is 10.3. The molecule has 0 bridgehead atoms. The normalized spacial score (nSPS) is 25.7. The van der Waals surface area contributed by atoms with Gasteiger partial charge in [-0.2, -0.15) is 0 Å². The van der Waals surface area contributed by atoms with Crippen molar-refractivity contribution in [3.05, 3.63) is 30.3 Å². The quantitative estimate of drug-likeness (QED) is 0.211. The second-order valence-corrected chi connectivity index (χ2v) is 7.48. The van der Waals surface area contributed by atoms with E-state index in [-0.39, 0.29) is 39.5 Å². The summed E-state index contributed by atoms with van der Waals surface area (Å²) in [5.74, 6) is -3.04. The van der Waals surface area contributed by atoms with E-state index >= 15 is 0 Å². The number of fused-ring (bicyclic) bond motifs is 1. The smallest absolute Gasteiger partial charge is 0.402 e. The molecule has 0 spiro atoms. The van der Waals surface area contributed by atoms with Crippen LogP contribution >= 0.6 is 0 Å². The van der Waals surface area contributed by atoms with Gasteiger partial charge in [0.2, 0.25) is 12.0 Å². The van der Waals surface area contributed by atoms with Crippen LogP contribution in [0.2, 0.25) is 0 Å². The van der Waals surface area contributed by atoms with Crippen LogP contribution in [-0.4, -0.2) is 71.6 Å². The Bertz CT molecular complexity index is 1160. The molecular weight excluding hydrogens is 428 g/mol. The first-order valence-corrected chi connectivity index (χ1v) is 9.51. The number of aliphatic hydroxyl groups is 3. The number of ether oxygens (including phenoxy) is 2. The molecule has 0 unspecified atom stereocenters. The SMILES string of the molecule is C[C@H]1O[C@@H](Oc2cc3c(O)cc(O)cc3[o+]c2-c2cc(O)c(O)c(O)c2)[C@@H](O)[C@@H](O)[C@H]1O. The first-order chi connectivity index (χ1) is 15.1. The summed E-state index contributed by atoms with van der Waals surface area (Å²) in [6.07, 6.45) is -6.94. The predicted molar refractivity (Wildman–Crippen MR) is 107 cm³/mol. The van der Waals surface area contributed by atoms with Crippen molar-refractivity contribution in [3.8, 4) is 45.8 Å². The molecule has 1 aliphatic heterocycles. The van der Waals surface area contributed by atoms with Gasteiger partial charge in [0.25, 0.3) is 0 Å². The lowest BCUT2D eigenvalue weighted by atomic mass is 10.00. The van der Waals surface area contributed by atoms with Crippen LogP contribution in [0.4, 0.5) is 0 Å². The van der Waals surface area contributed by atoms with Gasteiger partial charge in [-0.25, -0.2) is 4.42 Å². The van der Waals surface area contributed by atoms with E-state index < -0.39 is 48.0 Å². The van der Waals surface area contributed by atoms with E-state index in [0.717, 1.165) is 18.2 Å². The molecule has 1 aliphatic rings. The number of benzene rings is 2. The molecule has 11 heteroatoms. The Morgan fingerprint density at radius 2 is 1.47 bits per heavy atom. The zero-order valence-electron chi connectivity index (χ0n) is 16.6. The van der Waals surface area contributed by atoms with Gasteiger partial charge in [-0.15, -0.1) is 0 Å². The third kappa shape index (κ3) is 3.67. The van der Waals surface area contributed by atoms with Crippen molar-refractivity contribution in [2.75, 3.05) is 0 Å². The van der Waals surface area contributed by atoms with Gasteiger partial charge in [0.15, 0.2) is 17.2 Å². The standard InChI is InChI=1S/C21H20O11/c1-7-16(26)18(28)19(29)21(30-7)32-15-6-10-11(23)4-9(22)5-14(10)31-20(15)8-2-12(24)17(27)13(25)3-8/h2-7,16,18-19,21,26,28-29H,1H3,(H4-,22,23,24,25,27)/p+1/t7-,16+,18+,19+,21+/m1/s1. The molecule has 2 heterocycles. The van der Waals surface area contributed by atoms with Crippen molar-refractivity contribution < 1.29 is 54.7 Å². The Morgan fingerprint density at radius 1 is 0.812 bits per heavy atom. The molecule has 4 rings (SSSR count). The number of phenols is 5. The zero-order chi connectivity index (χ0) is 23.3. The van der Waals surface area contributed by atoms with Crippen LogP contribution in [0.5, 0.6) is 34.5 Å². The van der Waals surface area contributed by atoms with Crippen LogP contribution in [-0.2, 0) is 4.74 Å². The average Bonchev–Trinajstić information content (AvgIpc) is 2.73. The Hall–Kier alpha value is -3.51. The predicted octanol–water partition coefficient (Wildman–Crippen LogP) is 1.12. The number of rotatable bonds is 3. The van der Waals surface area contributed by atoms with Crippen LogP contribution in [0.15, 0.2) is 34.7 Å². The maximum Gasteiger partial charge on any atom is 0.402 e. The van der Waals surface area contributed by atoms with Crippen LogP contribution < -0.4 is 4.74 Å². The van der Waals surface area contributed by atoms with Crippen LogP contribution in [0, 0.1) is 0 Å². The molecule has 8 N–H and O–H groups in total. The lowest BCUT2D eigenvalue weighted by Crippen LogP contribution is -2.58. The second-order valence-electron chi connectivity index (χ2n) is 7.48. The van der Waals surface area contributed by atoms with E-state index in [1.807, 2.05) is 0 Å². The zero-order valence-corrected chi connectivity index (χ0v) is 16.6. The number of hydrogen-bond acceptors (Lipinski definition) is 10. The van der Waals surface area contributed by atoms with Crippen molar-refractivity contribution in [1.82, 2.24) is 0 Å². The fourth-order valence-corrected chi connectivity index (χ4v) is 3.44. The third-order valence-corrected chi connectivity index (χ3v) is 5.20. The number of aliphatic hydroxyl groups excluding tert-OH is 3. The third-order valence-electron chi connectivity index (χ3n) is 5.20. The van der Waals surface area contributed by atoms with E-state index in [0.29, 0.717) is 0 Å². The van der Waals surface area contributed by atoms with Crippen molar-refractivity contribution >= 4 is 11.0 Å². The van der Waals surface area contributed by atoms with Crippen molar-refractivity contribution in [2.24, 2.45) is 0 Å². The fraction of sp³-hybridized carbons (Fsp3) is 0.286. The number of phenolic OH excluding ortho intramolecular Hbond substituents is 5. The molecule has 0 radical (unpaired) electrons. The van der Waals surface area contributed by atoms with Gasteiger partial charge in [0, 0.05) is 24.3 Å². The highest BCUT2D eigenvalue weighted by Crippen LogP contribution is 2.44. The molecule has 0 saturated carbocycles. The molecular formula is C21H21O11+. The molecule has 2 aromatic carbocycles. The largest absolute Gasteiger partial charge is 0.507 e. The number of hydrogen-bond donors (Lipinski definition) is 8. The minimum absolute atomic E-state index is 0.00541. The molecule has 1 fully saturated rings. The van der Waals surface area contributed by atoms with Gasteiger partial charge >= 0.3 is 11.3 Å². The molecule has 3 aromatic rings. The summed E-state index contributed by atoms with van der Waals surface area (Å²) < 4.78 is 16.9. The molecule has 1 aromatic heterocycles. The summed E-state index contributed by atoms with van der Waals surface area (Å²) in [7, 11) is 0. The lowest BCUT2D eigenvalue weighted by Gasteiger charge is -2.38.